The topological polar surface area (TPSA) is 89.8 Å². The van der Waals surface area contributed by atoms with Crippen LogP contribution in [0.1, 0.15) is 24.1 Å². The predicted molar refractivity (Wildman–Crippen MR) is 170 cm³/mol. The van der Waals surface area contributed by atoms with Crippen molar-refractivity contribution in [3.63, 3.8) is 0 Å². The standard InChI is InChI=1S/C31H38ClN7O2S/c32-26-6-1-4-22-5-2-7-28(29(22)26)38-13-9-25-27(19-38)35-31(36-30(25)39-14-11-34-23(18-39)8-10-33)41-16-3-12-37-15-17-40-20-24(37)21-42/h1-2,4-7,23-24,34,42H,3,8-9,11-21H2/t23-,24+/m0/s1. The first kappa shape index (κ1) is 29.3. The van der Waals surface area contributed by atoms with Crippen LogP contribution in [0.15, 0.2) is 36.4 Å². The van der Waals surface area contributed by atoms with E-state index in [1.165, 1.54) is 5.56 Å². The van der Waals surface area contributed by atoms with Gasteiger partial charge < -0.3 is 24.6 Å². The molecule has 11 heteroatoms. The van der Waals surface area contributed by atoms with E-state index in [0.29, 0.717) is 31.6 Å². The highest BCUT2D eigenvalue weighted by atomic mass is 35.5. The van der Waals surface area contributed by atoms with Crippen LogP contribution in [0.25, 0.3) is 10.8 Å². The Morgan fingerprint density at radius 1 is 1.14 bits per heavy atom. The fraction of sp³-hybridized carbons (Fsp3) is 0.516. The van der Waals surface area contributed by atoms with E-state index in [4.69, 9.17) is 31.0 Å². The van der Waals surface area contributed by atoms with E-state index in [-0.39, 0.29) is 6.04 Å². The maximum Gasteiger partial charge on any atom is 0.318 e. The lowest BCUT2D eigenvalue weighted by Crippen LogP contribution is -2.51. The van der Waals surface area contributed by atoms with Crippen molar-refractivity contribution in [2.75, 3.05) is 74.6 Å². The molecule has 3 aromatic rings. The average molecular weight is 608 g/mol. The zero-order chi connectivity index (χ0) is 28.9. The third-order valence-corrected chi connectivity index (χ3v) is 9.21. The number of anilines is 2. The number of halogens is 1. The molecule has 0 amide bonds. The Morgan fingerprint density at radius 3 is 2.88 bits per heavy atom. The lowest BCUT2D eigenvalue weighted by molar-refractivity contribution is -0.000218. The van der Waals surface area contributed by atoms with E-state index in [1.54, 1.807) is 0 Å². The van der Waals surface area contributed by atoms with Crippen LogP contribution in [-0.2, 0) is 17.7 Å². The van der Waals surface area contributed by atoms with Crippen LogP contribution in [0.5, 0.6) is 6.01 Å². The molecule has 0 unspecified atom stereocenters. The molecule has 222 valence electrons. The summed E-state index contributed by atoms with van der Waals surface area (Å²) in [5, 5.41) is 15.7. The second-order valence-electron chi connectivity index (χ2n) is 11.2. The molecule has 2 aromatic carbocycles. The van der Waals surface area contributed by atoms with E-state index < -0.39 is 0 Å². The molecule has 3 aliphatic heterocycles. The first-order chi connectivity index (χ1) is 20.6. The Balaban J connectivity index is 1.24. The van der Waals surface area contributed by atoms with Crippen molar-refractivity contribution in [3.8, 4) is 12.1 Å². The number of aromatic nitrogens is 2. The fourth-order valence-corrected chi connectivity index (χ4v) is 6.92. The lowest BCUT2D eigenvalue weighted by Gasteiger charge is -2.37. The van der Waals surface area contributed by atoms with Gasteiger partial charge in [0.15, 0.2) is 0 Å². The minimum atomic E-state index is 0.116. The summed E-state index contributed by atoms with van der Waals surface area (Å²) in [5.74, 6) is 1.73. The Kier molecular flexibility index (Phi) is 9.52. The number of rotatable bonds is 9. The third kappa shape index (κ3) is 6.41. The second-order valence-corrected chi connectivity index (χ2v) is 11.9. The molecule has 0 radical (unpaired) electrons. The van der Waals surface area contributed by atoms with Gasteiger partial charge in [-0.3, -0.25) is 4.90 Å². The number of nitrogens with zero attached hydrogens (tertiary/aromatic N) is 6. The summed E-state index contributed by atoms with van der Waals surface area (Å²) in [5.41, 5.74) is 3.28. The molecule has 4 heterocycles. The van der Waals surface area contributed by atoms with Gasteiger partial charge in [0.25, 0.3) is 0 Å². The molecule has 9 nitrogen and oxygen atoms in total. The summed E-state index contributed by atoms with van der Waals surface area (Å²) in [4.78, 5) is 17.1. The summed E-state index contributed by atoms with van der Waals surface area (Å²) in [6.45, 7) is 7.75. The first-order valence-electron chi connectivity index (χ1n) is 14.9. The van der Waals surface area contributed by atoms with Gasteiger partial charge in [0.2, 0.25) is 0 Å². The zero-order valence-corrected chi connectivity index (χ0v) is 25.5. The van der Waals surface area contributed by atoms with Gasteiger partial charge in [0.1, 0.15) is 5.82 Å². The van der Waals surface area contributed by atoms with Gasteiger partial charge in [-0.05, 0) is 30.4 Å². The summed E-state index contributed by atoms with van der Waals surface area (Å²) in [6.07, 6.45) is 2.16. The lowest BCUT2D eigenvalue weighted by atomic mass is 10.0. The molecule has 42 heavy (non-hydrogen) atoms. The second kappa shape index (κ2) is 13.7. The third-order valence-electron chi connectivity index (χ3n) is 8.47. The van der Waals surface area contributed by atoms with Crippen LogP contribution in [0.2, 0.25) is 5.02 Å². The Labute approximate surface area is 258 Å². The molecule has 2 fully saturated rings. The number of nitriles is 1. The number of hydrogen-bond donors (Lipinski definition) is 2. The van der Waals surface area contributed by atoms with Crippen molar-refractivity contribution in [1.29, 1.82) is 5.26 Å². The molecule has 1 N–H and O–H groups in total. The molecule has 0 bridgehead atoms. The van der Waals surface area contributed by atoms with Gasteiger partial charge in [-0.2, -0.15) is 27.9 Å². The molecule has 2 atom stereocenters. The Bertz CT molecular complexity index is 1430. The number of nitrogens with one attached hydrogen (secondary N) is 1. The molecule has 1 aromatic heterocycles. The van der Waals surface area contributed by atoms with Crippen molar-refractivity contribution >= 4 is 46.5 Å². The van der Waals surface area contributed by atoms with E-state index >= 15 is 0 Å². The van der Waals surface area contributed by atoms with E-state index in [2.05, 4.69) is 63.0 Å². The number of benzene rings is 2. The highest BCUT2D eigenvalue weighted by Crippen LogP contribution is 2.37. The number of fused-ring (bicyclic) bond motifs is 2. The van der Waals surface area contributed by atoms with Crippen molar-refractivity contribution in [2.24, 2.45) is 0 Å². The van der Waals surface area contributed by atoms with Crippen LogP contribution in [0.3, 0.4) is 0 Å². The number of morpholine rings is 1. The molecule has 3 aliphatic rings. The maximum absolute atomic E-state index is 9.31. The Morgan fingerprint density at radius 2 is 2.02 bits per heavy atom. The molecule has 2 saturated heterocycles. The van der Waals surface area contributed by atoms with Gasteiger partial charge in [-0.15, -0.1) is 0 Å². The van der Waals surface area contributed by atoms with Gasteiger partial charge in [-0.25, -0.2) is 0 Å². The van der Waals surface area contributed by atoms with Crippen LogP contribution >= 0.6 is 24.2 Å². The highest BCUT2D eigenvalue weighted by molar-refractivity contribution is 7.80. The van der Waals surface area contributed by atoms with Gasteiger partial charge in [0, 0.05) is 73.7 Å². The minimum absolute atomic E-state index is 0.116. The molecule has 6 rings (SSSR count). The monoisotopic (exact) mass is 607 g/mol. The molecule has 0 saturated carbocycles. The number of ether oxygens (including phenoxy) is 2. The normalized spacial score (nSPS) is 21.3. The minimum Gasteiger partial charge on any atom is -0.463 e. The largest absolute Gasteiger partial charge is 0.463 e. The van der Waals surface area contributed by atoms with Crippen molar-refractivity contribution in [1.82, 2.24) is 20.2 Å². The van der Waals surface area contributed by atoms with Crippen LogP contribution in [0, 0.1) is 11.3 Å². The van der Waals surface area contributed by atoms with Gasteiger partial charge in [0.05, 0.1) is 49.6 Å². The van der Waals surface area contributed by atoms with Gasteiger partial charge >= 0.3 is 6.01 Å². The number of piperazine rings is 1. The summed E-state index contributed by atoms with van der Waals surface area (Å²) in [6, 6.07) is 15.6. The Hall–Kier alpha value is -2.81. The van der Waals surface area contributed by atoms with E-state index in [9.17, 15) is 5.26 Å². The zero-order valence-electron chi connectivity index (χ0n) is 23.8. The average Bonchev–Trinajstić information content (AvgIpc) is 3.03. The number of thiol groups is 1. The molecule has 0 aliphatic carbocycles. The first-order valence-corrected chi connectivity index (χ1v) is 15.9. The quantitative estimate of drug-likeness (QED) is 0.277. The van der Waals surface area contributed by atoms with Crippen molar-refractivity contribution < 1.29 is 9.47 Å². The highest BCUT2D eigenvalue weighted by Gasteiger charge is 2.29. The predicted octanol–water partition coefficient (Wildman–Crippen LogP) is 3.94. The van der Waals surface area contributed by atoms with Crippen LogP contribution in [0.4, 0.5) is 11.5 Å². The van der Waals surface area contributed by atoms with Crippen molar-refractivity contribution in [3.05, 3.63) is 52.7 Å². The summed E-state index contributed by atoms with van der Waals surface area (Å²) in [7, 11) is 0. The SMILES string of the molecule is N#CC[C@H]1CN(c2nc(OCCCN3CCOC[C@@H]3CS)nc3c2CCN(c2cccc4cccc(Cl)c24)C3)CCN1. The van der Waals surface area contributed by atoms with E-state index in [1.807, 2.05) is 12.1 Å². The summed E-state index contributed by atoms with van der Waals surface area (Å²) < 4.78 is 11.9. The van der Waals surface area contributed by atoms with Crippen LogP contribution in [-0.4, -0.2) is 91.8 Å². The van der Waals surface area contributed by atoms with E-state index in [0.717, 1.165) is 104 Å². The fourth-order valence-electron chi connectivity index (χ4n) is 6.31. The number of hydrogen-bond acceptors (Lipinski definition) is 10. The molecule has 0 spiro atoms. The summed E-state index contributed by atoms with van der Waals surface area (Å²) >= 11 is 11.2. The molecular formula is C31H38ClN7O2S. The maximum atomic E-state index is 9.31. The van der Waals surface area contributed by atoms with Crippen molar-refractivity contribution in [2.45, 2.75) is 37.9 Å². The molecular weight excluding hydrogens is 570 g/mol. The smallest absolute Gasteiger partial charge is 0.318 e. The van der Waals surface area contributed by atoms with Gasteiger partial charge in [-0.1, -0.05) is 35.9 Å². The van der Waals surface area contributed by atoms with Crippen LogP contribution < -0.4 is 19.9 Å².